The van der Waals surface area contributed by atoms with Gasteiger partial charge in [0.25, 0.3) is 0 Å². The first-order valence-electron chi connectivity index (χ1n) is 17.7. The number of hydrogen-bond acceptors (Lipinski definition) is 1. The van der Waals surface area contributed by atoms with Crippen LogP contribution in [0, 0.1) is 11.3 Å². The molecule has 0 amide bonds. The van der Waals surface area contributed by atoms with Gasteiger partial charge in [-0.25, -0.2) is 0 Å². The molecule has 9 aromatic carbocycles. The molecule has 0 aliphatic rings. The minimum atomic E-state index is 0.626. The molecule has 242 valence electrons. The molecule has 0 heterocycles. The van der Waals surface area contributed by atoms with Crippen molar-refractivity contribution in [3.05, 3.63) is 228 Å². The average molecular weight is 660 g/mol. The summed E-state index contributed by atoms with van der Waals surface area (Å²) in [5.74, 6) is 0. The molecule has 0 saturated carbocycles. The van der Waals surface area contributed by atoms with Crippen LogP contribution in [-0.4, -0.2) is 0 Å². The predicted octanol–water partition coefficient (Wildman–Crippen LogP) is 13.3. The lowest BCUT2D eigenvalue weighted by Crippen LogP contribution is -1.97. The Bertz CT molecular complexity index is 2760. The molecule has 0 aliphatic carbocycles. The first kappa shape index (κ1) is 31.0. The quantitative estimate of drug-likeness (QED) is 0.0949. The summed E-state index contributed by atoms with van der Waals surface area (Å²) >= 11 is 0. The zero-order chi connectivity index (χ0) is 34.9. The average Bonchev–Trinajstić information content (AvgIpc) is 3.22. The first-order valence-corrected chi connectivity index (χ1v) is 17.7. The van der Waals surface area contributed by atoms with E-state index in [0.29, 0.717) is 5.57 Å². The van der Waals surface area contributed by atoms with E-state index in [2.05, 4.69) is 194 Å². The van der Waals surface area contributed by atoms with E-state index in [1.807, 2.05) is 12.1 Å². The Hall–Kier alpha value is -7.01. The van der Waals surface area contributed by atoms with Crippen LogP contribution in [0.4, 0.5) is 0 Å². The summed E-state index contributed by atoms with van der Waals surface area (Å²) in [6.07, 6.45) is 2.02. The van der Waals surface area contributed by atoms with Crippen molar-refractivity contribution >= 4 is 55.1 Å². The van der Waals surface area contributed by atoms with Gasteiger partial charge in [0, 0.05) is 5.56 Å². The van der Waals surface area contributed by atoms with Gasteiger partial charge in [0.1, 0.15) is 0 Å². The van der Waals surface area contributed by atoms with Crippen molar-refractivity contribution < 1.29 is 0 Å². The highest BCUT2D eigenvalue weighted by molar-refractivity contribution is 6.26. The second kappa shape index (κ2) is 13.4. The smallest absolute Gasteiger partial charge is 0.0998 e. The topological polar surface area (TPSA) is 23.8 Å². The van der Waals surface area contributed by atoms with E-state index in [-0.39, 0.29) is 0 Å². The maximum absolute atomic E-state index is 10.7. The number of nitrogens with zero attached hydrogens (tertiary/aromatic N) is 1. The summed E-state index contributed by atoms with van der Waals surface area (Å²) in [5, 5.41) is 18.1. The van der Waals surface area contributed by atoms with Crippen molar-refractivity contribution in [3.8, 4) is 17.2 Å². The van der Waals surface area contributed by atoms with E-state index in [1.165, 1.54) is 37.9 Å². The first-order chi connectivity index (χ1) is 25.8. The van der Waals surface area contributed by atoms with Crippen LogP contribution >= 0.6 is 0 Å². The molecule has 0 bridgehead atoms. The third kappa shape index (κ3) is 5.54. The molecule has 0 saturated heterocycles. The minimum absolute atomic E-state index is 0.626. The molecule has 0 spiro atoms. The van der Waals surface area contributed by atoms with Crippen LogP contribution in [0.5, 0.6) is 0 Å². The molecule has 1 nitrogen and oxygen atoms in total. The summed E-state index contributed by atoms with van der Waals surface area (Å²) in [6, 6.07) is 71.1. The van der Waals surface area contributed by atoms with Crippen LogP contribution in [-0.2, 0) is 0 Å². The van der Waals surface area contributed by atoms with Crippen molar-refractivity contribution in [1.29, 1.82) is 5.26 Å². The van der Waals surface area contributed by atoms with Crippen molar-refractivity contribution in [1.82, 2.24) is 0 Å². The SMILES string of the molecule is N#C/C(=C\c1ccc(C(=C(c2ccccc2)c2ccccc2)c2ccccc2)cc1)c1ccccc1-c1cc2cccc3ccc4cccc1c4c32. The van der Waals surface area contributed by atoms with Gasteiger partial charge in [0.05, 0.1) is 11.6 Å². The normalized spacial score (nSPS) is 11.6. The van der Waals surface area contributed by atoms with Gasteiger partial charge in [-0.05, 0) is 94.6 Å². The van der Waals surface area contributed by atoms with Gasteiger partial charge < -0.3 is 0 Å². The van der Waals surface area contributed by atoms with Crippen LogP contribution in [0.3, 0.4) is 0 Å². The van der Waals surface area contributed by atoms with Gasteiger partial charge in [-0.2, -0.15) is 5.26 Å². The number of rotatable bonds is 7. The maximum atomic E-state index is 10.7. The molecular weight excluding hydrogens is 627 g/mol. The third-order valence-corrected chi connectivity index (χ3v) is 10.1. The van der Waals surface area contributed by atoms with E-state index >= 15 is 0 Å². The molecule has 1 heteroatoms. The van der Waals surface area contributed by atoms with Crippen molar-refractivity contribution in [2.75, 3.05) is 0 Å². The van der Waals surface area contributed by atoms with E-state index in [1.54, 1.807) is 0 Å². The minimum Gasteiger partial charge on any atom is -0.192 e. The molecule has 0 atom stereocenters. The fourth-order valence-electron chi connectivity index (χ4n) is 7.75. The van der Waals surface area contributed by atoms with Gasteiger partial charge in [0.2, 0.25) is 0 Å². The zero-order valence-electron chi connectivity index (χ0n) is 28.5. The van der Waals surface area contributed by atoms with Gasteiger partial charge in [-0.1, -0.05) is 188 Å². The molecule has 0 N–H and O–H groups in total. The standard InChI is InChI=1S/C51H33N/c52-34-43(44-23-10-11-24-45(44)47-33-42-22-12-20-39-30-31-40-21-13-25-46(47)51(40)50(39)42)32-35-26-28-41(29-27-35)49(38-18-8-3-9-19-38)48(36-14-4-1-5-15-36)37-16-6-2-7-17-37/h1-33H/b43-32+. The fourth-order valence-corrected chi connectivity index (χ4v) is 7.75. The number of allylic oxidation sites excluding steroid dienone is 1. The van der Waals surface area contributed by atoms with E-state index in [0.717, 1.165) is 50.1 Å². The van der Waals surface area contributed by atoms with E-state index in [9.17, 15) is 5.26 Å². The highest BCUT2D eigenvalue weighted by atomic mass is 14.3. The Morgan fingerprint density at radius 1 is 0.404 bits per heavy atom. The van der Waals surface area contributed by atoms with Gasteiger partial charge in [-0.15, -0.1) is 0 Å². The van der Waals surface area contributed by atoms with E-state index in [4.69, 9.17) is 0 Å². The summed E-state index contributed by atoms with van der Waals surface area (Å²) in [6.45, 7) is 0. The maximum Gasteiger partial charge on any atom is 0.0998 e. The highest BCUT2D eigenvalue weighted by Gasteiger charge is 2.18. The third-order valence-electron chi connectivity index (χ3n) is 10.1. The highest BCUT2D eigenvalue weighted by Crippen LogP contribution is 2.42. The lowest BCUT2D eigenvalue weighted by atomic mass is 9.85. The molecular formula is C51H33N. The van der Waals surface area contributed by atoms with Crippen molar-refractivity contribution in [2.24, 2.45) is 0 Å². The molecule has 9 aromatic rings. The van der Waals surface area contributed by atoms with Crippen LogP contribution in [0.15, 0.2) is 194 Å². The summed E-state index contributed by atoms with van der Waals surface area (Å²) in [7, 11) is 0. The van der Waals surface area contributed by atoms with Crippen LogP contribution in [0.25, 0.3) is 66.2 Å². The number of benzene rings is 9. The molecule has 0 aromatic heterocycles. The summed E-state index contributed by atoms with van der Waals surface area (Å²) in [4.78, 5) is 0. The fraction of sp³-hybridized carbons (Fsp3) is 0. The van der Waals surface area contributed by atoms with E-state index < -0.39 is 0 Å². The Kier molecular flexibility index (Phi) is 7.97. The molecule has 0 unspecified atom stereocenters. The Morgan fingerprint density at radius 2 is 0.904 bits per heavy atom. The summed E-state index contributed by atoms with van der Waals surface area (Å²) < 4.78 is 0. The lowest BCUT2D eigenvalue weighted by molar-refractivity contribution is 1.49. The second-order valence-corrected chi connectivity index (χ2v) is 13.2. The Morgan fingerprint density at radius 3 is 1.50 bits per heavy atom. The van der Waals surface area contributed by atoms with Crippen LogP contribution in [0.2, 0.25) is 0 Å². The van der Waals surface area contributed by atoms with Crippen molar-refractivity contribution in [3.63, 3.8) is 0 Å². The zero-order valence-corrected chi connectivity index (χ0v) is 28.5. The van der Waals surface area contributed by atoms with Crippen LogP contribution in [0.1, 0.15) is 33.4 Å². The Balaban J connectivity index is 1.18. The summed E-state index contributed by atoms with van der Waals surface area (Å²) in [5.41, 5.74) is 11.6. The molecule has 0 fully saturated rings. The van der Waals surface area contributed by atoms with Gasteiger partial charge in [0.15, 0.2) is 0 Å². The second-order valence-electron chi connectivity index (χ2n) is 13.2. The number of nitriles is 1. The lowest BCUT2D eigenvalue weighted by Gasteiger charge is -2.18. The Labute approximate surface area is 304 Å². The van der Waals surface area contributed by atoms with Crippen LogP contribution < -0.4 is 0 Å². The monoisotopic (exact) mass is 659 g/mol. The molecule has 0 aliphatic heterocycles. The molecule has 52 heavy (non-hydrogen) atoms. The molecule has 0 radical (unpaired) electrons. The van der Waals surface area contributed by atoms with Gasteiger partial charge >= 0.3 is 0 Å². The van der Waals surface area contributed by atoms with Gasteiger partial charge in [-0.3, -0.25) is 0 Å². The number of hydrogen-bond donors (Lipinski definition) is 0. The largest absolute Gasteiger partial charge is 0.192 e. The van der Waals surface area contributed by atoms with Crippen molar-refractivity contribution in [2.45, 2.75) is 0 Å². The predicted molar refractivity (Wildman–Crippen MR) is 220 cm³/mol. The molecule has 9 rings (SSSR count).